The number of carbonyl (C=O) groups is 1. The number of benzene rings is 4. The van der Waals surface area contributed by atoms with Crippen molar-refractivity contribution < 1.29 is 13.9 Å². The fraction of sp³-hybridized carbons (Fsp3) is 0.0800. The molecule has 0 atom stereocenters. The van der Waals surface area contributed by atoms with Gasteiger partial charge in [-0.15, -0.1) is 0 Å². The first kappa shape index (κ1) is 21.9. The molecule has 0 radical (unpaired) electrons. The molecule has 0 aliphatic heterocycles. The van der Waals surface area contributed by atoms with Crippen LogP contribution in [0.4, 0.5) is 14.9 Å². The first-order valence-electron chi connectivity index (χ1n) is 9.86. The van der Waals surface area contributed by atoms with E-state index in [2.05, 4.69) is 10.6 Å². The Morgan fingerprint density at radius 2 is 1.66 bits per heavy atom. The highest BCUT2D eigenvalue weighted by Crippen LogP contribution is 2.35. The standard InChI is InChI=1S/C25H19Cl2FN2O2/c1-15-13-16(30-25(31)29-14-19-20(26)7-4-8-22(19)28)9-11-23(15)32-24-12-10-21(27)17-5-2-3-6-18(17)24/h2-13H,14H2,1H3,(H2,29,30,31). The van der Waals surface area contributed by atoms with Crippen LogP contribution in [0, 0.1) is 12.7 Å². The van der Waals surface area contributed by atoms with E-state index in [-0.39, 0.29) is 17.1 Å². The maximum Gasteiger partial charge on any atom is 0.319 e. The van der Waals surface area contributed by atoms with E-state index < -0.39 is 11.8 Å². The van der Waals surface area contributed by atoms with Crippen molar-refractivity contribution in [2.45, 2.75) is 13.5 Å². The molecular formula is C25H19Cl2FN2O2. The number of hydrogen-bond acceptors (Lipinski definition) is 2. The number of rotatable bonds is 5. The summed E-state index contributed by atoms with van der Waals surface area (Å²) in [7, 11) is 0. The van der Waals surface area contributed by atoms with Gasteiger partial charge in [-0.25, -0.2) is 9.18 Å². The summed E-state index contributed by atoms with van der Waals surface area (Å²) in [5, 5.41) is 8.08. The van der Waals surface area contributed by atoms with Gasteiger partial charge in [0, 0.05) is 38.6 Å². The molecule has 32 heavy (non-hydrogen) atoms. The molecular weight excluding hydrogens is 450 g/mol. The molecule has 0 bridgehead atoms. The lowest BCUT2D eigenvalue weighted by Crippen LogP contribution is -2.28. The second kappa shape index (κ2) is 9.47. The molecule has 0 fully saturated rings. The normalized spacial score (nSPS) is 10.8. The predicted molar refractivity (Wildman–Crippen MR) is 127 cm³/mol. The monoisotopic (exact) mass is 468 g/mol. The molecule has 0 aliphatic rings. The highest BCUT2D eigenvalue weighted by molar-refractivity contribution is 6.35. The average Bonchev–Trinajstić information content (AvgIpc) is 2.77. The number of ether oxygens (including phenoxy) is 1. The van der Waals surface area contributed by atoms with Crippen LogP contribution in [0.25, 0.3) is 10.8 Å². The Bertz CT molecular complexity index is 1290. The molecule has 0 spiro atoms. The maximum absolute atomic E-state index is 13.8. The summed E-state index contributed by atoms with van der Waals surface area (Å²) in [6.07, 6.45) is 0. The summed E-state index contributed by atoms with van der Waals surface area (Å²) in [4.78, 5) is 12.2. The Kier molecular flexibility index (Phi) is 6.49. The van der Waals surface area contributed by atoms with Gasteiger partial charge in [0.1, 0.15) is 17.3 Å². The lowest BCUT2D eigenvalue weighted by Gasteiger charge is -2.14. The third-order valence-corrected chi connectivity index (χ3v) is 5.65. The van der Waals surface area contributed by atoms with Gasteiger partial charge in [-0.2, -0.15) is 0 Å². The third kappa shape index (κ3) is 4.79. The minimum Gasteiger partial charge on any atom is -0.456 e. The minimum atomic E-state index is -0.471. The summed E-state index contributed by atoms with van der Waals surface area (Å²) >= 11 is 12.3. The van der Waals surface area contributed by atoms with Crippen molar-refractivity contribution in [1.29, 1.82) is 0 Å². The zero-order valence-electron chi connectivity index (χ0n) is 17.1. The van der Waals surface area contributed by atoms with Crippen LogP contribution in [0.15, 0.2) is 72.8 Å². The van der Waals surface area contributed by atoms with E-state index in [1.807, 2.05) is 37.3 Å². The molecule has 0 heterocycles. The van der Waals surface area contributed by atoms with E-state index in [0.717, 1.165) is 16.3 Å². The van der Waals surface area contributed by atoms with Crippen molar-refractivity contribution in [3.8, 4) is 11.5 Å². The van der Waals surface area contributed by atoms with Crippen LogP contribution in [0.1, 0.15) is 11.1 Å². The van der Waals surface area contributed by atoms with E-state index in [4.69, 9.17) is 27.9 Å². The summed E-state index contributed by atoms with van der Waals surface area (Å²) in [5.41, 5.74) is 1.64. The van der Waals surface area contributed by atoms with Crippen LogP contribution in [-0.4, -0.2) is 6.03 Å². The molecule has 0 saturated heterocycles. The Labute approximate surface area is 194 Å². The minimum absolute atomic E-state index is 0.0266. The number of anilines is 1. The van der Waals surface area contributed by atoms with E-state index in [1.165, 1.54) is 12.1 Å². The van der Waals surface area contributed by atoms with Crippen molar-refractivity contribution in [3.63, 3.8) is 0 Å². The van der Waals surface area contributed by atoms with E-state index >= 15 is 0 Å². The molecule has 2 N–H and O–H groups in total. The number of amides is 2. The molecule has 0 saturated carbocycles. The van der Waals surface area contributed by atoms with Crippen LogP contribution in [0.2, 0.25) is 10.0 Å². The highest BCUT2D eigenvalue weighted by Gasteiger charge is 2.11. The first-order valence-corrected chi connectivity index (χ1v) is 10.6. The Balaban J connectivity index is 1.45. The highest BCUT2D eigenvalue weighted by atomic mass is 35.5. The number of nitrogens with one attached hydrogen (secondary N) is 2. The number of aryl methyl sites for hydroxylation is 1. The van der Waals surface area contributed by atoms with Crippen molar-refractivity contribution >= 4 is 45.7 Å². The Morgan fingerprint density at radius 3 is 2.41 bits per heavy atom. The number of urea groups is 1. The molecule has 4 rings (SSSR count). The summed E-state index contributed by atoms with van der Waals surface area (Å²) < 4.78 is 20.0. The smallest absolute Gasteiger partial charge is 0.319 e. The molecule has 4 aromatic carbocycles. The fourth-order valence-corrected chi connectivity index (χ4v) is 3.79. The number of fused-ring (bicyclic) bond motifs is 1. The third-order valence-electron chi connectivity index (χ3n) is 4.97. The first-order chi connectivity index (χ1) is 15.4. The zero-order chi connectivity index (χ0) is 22.7. The van der Waals surface area contributed by atoms with Gasteiger partial charge >= 0.3 is 6.03 Å². The van der Waals surface area contributed by atoms with Gasteiger partial charge in [0.25, 0.3) is 0 Å². The quantitative estimate of drug-likeness (QED) is 0.315. The van der Waals surface area contributed by atoms with Crippen LogP contribution in [-0.2, 0) is 6.54 Å². The van der Waals surface area contributed by atoms with E-state index in [0.29, 0.717) is 22.2 Å². The molecule has 0 aromatic heterocycles. The molecule has 7 heteroatoms. The van der Waals surface area contributed by atoms with Crippen molar-refractivity contribution in [1.82, 2.24) is 5.32 Å². The predicted octanol–water partition coefficient (Wildman–Crippen LogP) is 7.71. The van der Waals surface area contributed by atoms with Gasteiger partial charge in [-0.3, -0.25) is 0 Å². The average molecular weight is 469 g/mol. The number of halogens is 3. The summed E-state index contributed by atoms with van der Waals surface area (Å²) in [6, 6.07) is 20.6. The van der Waals surface area contributed by atoms with Gasteiger partial charge < -0.3 is 15.4 Å². The van der Waals surface area contributed by atoms with Gasteiger partial charge in [0.05, 0.1) is 0 Å². The number of carbonyl (C=O) groups excluding carboxylic acids is 1. The summed E-state index contributed by atoms with van der Waals surface area (Å²) in [5.74, 6) is 0.875. The van der Waals surface area contributed by atoms with E-state index in [9.17, 15) is 9.18 Å². The maximum atomic E-state index is 13.8. The van der Waals surface area contributed by atoms with Gasteiger partial charge in [-0.05, 0) is 55.0 Å². The fourth-order valence-electron chi connectivity index (χ4n) is 3.33. The van der Waals surface area contributed by atoms with Crippen molar-refractivity contribution in [2.75, 3.05) is 5.32 Å². The zero-order valence-corrected chi connectivity index (χ0v) is 18.6. The largest absolute Gasteiger partial charge is 0.456 e. The van der Waals surface area contributed by atoms with Gasteiger partial charge in [0.2, 0.25) is 0 Å². The molecule has 2 amide bonds. The second-order valence-corrected chi connectivity index (χ2v) is 8.00. The number of hydrogen-bond donors (Lipinski definition) is 2. The van der Waals surface area contributed by atoms with Crippen molar-refractivity contribution in [3.05, 3.63) is 99.8 Å². The van der Waals surface area contributed by atoms with E-state index in [1.54, 1.807) is 30.3 Å². The summed E-state index contributed by atoms with van der Waals surface area (Å²) in [6.45, 7) is 1.86. The van der Waals surface area contributed by atoms with Gasteiger partial charge in [0.15, 0.2) is 0 Å². The van der Waals surface area contributed by atoms with Gasteiger partial charge in [-0.1, -0.05) is 53.5 Å². The lowest BCUT2D eigenvalue weighted by molar-refractivity contribution is 0.251. The van der Waals surface area contributed by atoms with Crippen LogP contribution >= 0.6 is 23.2 Å². The molecule has 162 valence electrons. The van der Waals surface area contributed by atoms with Crippen molar-refractivity contribution in [2.24, 2.45) is 0 Å². The lowest BCUT2D eigenvalue weighted by atomic mass is 10.1. The molecule has 0 unspecified atom stereocenters. The van der Waals surface area contributed by atoms with Crippen LogP contribution in [0.5, 0.6) is 11.5 Å². The van der Waals surface area contributed by atoms with Crippen LogP contribution < -0.4 is 15.4 Å². The topological polar surface area (TPSA) is 50.4 Å². The molecule has 4 nitrogen and oxygen atoms in total. The Hall–Kier alpha value is -3.28. The van der Waals surface area contributed by atoms with Crippen LogP contribution in [0.3, 0.4) is 0 Å². The SMILES string of the molecule is Cc1cc(NC(=O)NCc2c(F)cccc2Cl)ccc1Oc1ccc(Cl)c2ccccc12. The molecule has 4 aromatic rings. The second-order valence-electron chi connectivity index (χ2n) is 7.18. The Morgan fingerprint density at radius 1 is 0.906 bits per heavy atom. The molecule has 0 aliphatic carbocycles.